The summed E-state index contributed by atoms with van der Waals surface area (Å²) in [6.07, 6.45) is -0.0832. The van der Waals surface area contributed by atoms with Crippen LogP contribution in [0.1, 0.15) is 25.8 Å². The Hall–Kier alpha value is -1.75. The Kier molecular flexibility index (Phi) is 6.15. The Morgan fingerprint density at radius 2 is 2.16 bits per heavy atom. The molecule has 0 saturated carbocycles. The van der Waals surface area contributed by atoms with Crippen LogP contribution < -0.4 is 20.5 Å². The number of hydrogen-bond acceptors (Lipinski definition) is 4. The molecular formula is C14H22N2O3. The number of ether oxygens (including phenoxy) is 2. The summed E-state index contributed by atoms with van der Waals surface area (Å²) in [7, 11) is 1.59. The van der Waals surface area contributed by atoms with Gasteiger partial charge in [-0.3, -0.25) is 4.79 Å². The van der Waals surface area contributed by atoms with Gasteiger partial charge >= 0.3 is 0 Å². The molecule has 0 aliphatic rings. The molecule has 0 aromatic heterocycles. The van der Waals surface area contributed by atoms with Crippen LogP contribution in [0.2, 0.25) is 0 Å². The SMILES string of the molecule is CCNCc1ccc(OC)cc1OC(CC)C(N)=O. The topological polar surface area (TPSA) is 73.6 Å². The first-order valence-corrected chi connectivity index (χ1v) is 6.45. The third-order valence-electron chi connectivity index (χ3n) is 2.80. The summed E-state index contributed by atoms with van der Waals surface area (Å²) in [4.78, 5) is 11.3. The predicted octanol–water partition coefficient (Wildman–Crippen LogP) is 1.45. The van der Waals surface area contributed by atoms with Gasteiger partial charge in [-0.15, -0.1) is 0 Å². The van der Waals surface area contributed by atoms with E-state index >= 15 is 0 Å². The molecule has 5 heteroatoms. The van der Waals surface area contributed by atoms with Gasteiger partial charge in [0, 0.05) is 18.2 Å². The van der Waals surface area contributed by atoms with Gasteiger partial charge in [0.15, 0.2) is 6.10 Å². The number of nitrogens with one attached hydrogen (secondary N) is 1. The summed E-state index contributed by atoms with van der Waals surface area (Å²) in [6, 6.07) is 5.56. The number of rotatable bonds is 8. The van der Waals surface area contributed by atoms with Gasteiger partial charge in [-0.2, -0.15) is 0 Å². The van der Waals surface area contributed by atoms with Crippen LogP contribution in [-0.2, 0) is 11.3 Å². The fourth-order valence-corrected chi connectivity index (χ4v) is 1.67. The molecule has 1 unspecified atom stereocenters. The van der Waals surface area contributed by atoms with Crippen LogP contribution in [0.3, 0.4) is 0 Å². The Morgan fingerprint density at radius 1 is 1.42 bits per heavy atom. The van der Waals surface area contributed by atoms with Crippen molar-refractivity contribution in [3.05, 3.63) is 23.8 Å². The van der Waals surface area contributed by atoms with Crippen LogP contribution in [-0.4, -0.2) is 25.7 Å². The normalized spacial score (nSPS) is 11.9. The molecule has 106 valence electrons. The van der Waals surface area contributed by atoms with Gasteiger partial charge in [-0.25, -0.2) is 0 Å². The molecule has 1 amide bonds. The van der Waals surface area contributed by atoms with Crippen molar-refractivity contribution in [1.29, 1.82) is 0 Å². The average Bonchev–Trinajstić information content (AvgIpc) is 2.42. The highest BCUT2D eigenvalue weighted by Gasteiger charge is 2.17. The van der Waals surface area contributed by atoms with Crippen molar-refractivity contribution < 1.29 is 14.3 Å². The molecule has 1 rings (SSSR count). The van der Waals surface area contributed by atoms with Crippen LogP contribution >= 0.6 is 0 Å². The van der Waals surface area contributed by atoms with Crippen molar-refractivity contribution in [3.8, 4) is 11.5 Å². The first kappa shape index (κ1) is 15.3. The molecule has 3 N–H and O–H groups in total. The van der Waals surface area contributed by atoms with E-state index in [0.29, 0.717) is 24.5 Å². The van der Waals surface area contributed by atoms with Gasteiger partial charge in [-0.05, 0) is 19.0 Å². The number of amides is 1. The maximum Gasteiger partial charge on any atom is 0.258 e. The summed E-state index contributed by atoms with van der Waals surface area (Å²) in [5.41, 5.74) is 6.28. The number of methoxy groups -OCH3 is 1. The van der Waals surface area contributed by atoms with E-state index in [1.54, 1.807) is 13.2 Å². The van der Waals surface area contributed by atoms with Crippen LogP contribution in [0.15, 0.2) is 18.2 Å². The van der Waals surface area contributed by atoms with E-state index in [4.69, 9.17) is 15.2 Å². The van der Waals surface area contributed by atoms with E-state index in [1.807, 2.05) is 26.0 Å². The highest BCUT2D eigenvalue weighted by Crippen LogP contribution is 2.26. The van der Waals surface area contributed by atoms with Gasteiger partial charge < -0.3 is 20.5 Å². The third kappa shape index (κ3) is 4.44. The van der Waals surface area contributed by atoms with E-state index in [2.05, 4.69) is 5.32 Å². The van der Waals surface area contributed by atoms with Gasteiger partial charge in [0.05, 0.1) is 7.11 Å². The second kappa shape index (κ2) is 7.63. The lowest BCUT2D eigenvalue weighted by atomic mass is 10.1. The Labute approximate surface area is 114 Å². The monoisotopic (exact) mass is 266 g/mol. The molecule has 0 bridgehead atoms. The fourth-order valence-electron chi connectivity index (χ4n) is 1.67. The number of nitrogens with two attached hydrogens (primary N) is 1. The van der Waals surface area contributed by atoms with Crippen molar-refractivity contribution in [2.45, 2.75) is 32.9 Å². The summed E-state index contributed by atoms with van der Waals surface area (Å²) < 4.78 is 10.9. The standard InChI is InChI=1S/C14H22N2O3/c1-4-12(14(15)17)19-13-8-11(18-3)7-6-10(13)9-16-5-2/h6-8,12,16H,4-5,9H2,1-3H3,(H2,15,17). The van der Waals surface area contributed by atoms with E-state index in [-0.39, 0.29) is 0 Å². The smallest absolute Gasteiger partial charge is 0.258 e. The van der Waals surface area contributed by atoms with E-state index in [1.165, 1.54) is 0 Å². The summed E-state index contributed by atoms with van der Waals surface area (Å²) in [5.74, 6) is 0.861. The van der Waals surface area contributed by atoms with Crippen LogP contribution in [0.4, 0.5) is 0 Å². The van der Waals surface area contributed by atoms with Crippen molar-refractivity contribution in [3.63, 3.8) is 0 Å². The highest BCUT2D eigenvalue weighted by molar-refractivity contribution is 5.79. The molecule has 0 radical (unpaired) electrons. The van der Waals surface area contributed by atoms with E-state index in [0.717, 1.165) is 12.1 Å². The maximum absolute atomic E-state index is 11.3. The summed E-state index contributed by atoms with van der Waals surface area (Å²) in [5, 5.41) is 3.23. The van der Waals surface area contributed by atoms with Gasteiger partial charge in [0.2, 0.25) is 0 Å². The zero-order valence-corrected chi connectivity index (χ0v) is 11.7. The minimum Gasteiger partial charge on any atom is -0.497 e. The first-order chi connectivity index (χ1) is 9.12. The zero-order chi connectivity index (χ0) is 14.3. The molecular weight excluding hydrogens is 244 g/mol. The van der Waals surface area contributed by atoms with E-state index in [9.17, 15) is 4.79 Å². The van der Waals surface area contributed by atoms with Crippen LogP contribution in [0, 0.1) is 0 Å². The molecule has 1 aromatic rings. The molecule has 1 aromatic carbocycles. The lowest BCUT2D eigenvalue weighted by Gasteiger charge is -2.18. The van der Waals surface area contributed by atoms with Crippen molar-refractivity contribution in [2.24, 2.45) is 5.73 Å². The summed E-state index contributed by atoms with van der Waals surface area (Å²) in [6.45, 7) is 5.42. The number of primary amides is 1. The molecule has 0 spiro atoms. The Bertz CT molecular complexity index is 421. The van der Waals surface area contributed by atoms with Crippen molar-refractivity contribution in [2.75, 3.05) is 13.7 Å². The van der Waals surface area contributed by atoms with Crippen LogP contribution in [0.5, 0.6) is 11.5 Å². The first-order valence-electron chi connectivity index (χ1n) is 6.45. The molecule has 0 aliphatic heterocycles. The molecule has 0 saturated heterocycles. The predicted molar refractivity (Wildman–Crippen MR) is 74.3 cm³/mol. The van der Waals surface area contributed by atoms with Crippen LogP contribution in [0.25, 0.3) is 0 Å². The Morgan fingerprint density at radius 3 is 2.68 bits per heavy atom. The second-order valence-corrected chi connectivity index (χ2v) is 4.17. The highest BCUT2D eigenvalue weighted by atomic mass is 16.5. The number of benzene rings is 1. The number of hydrogen-bond donors (Lipinski definition) is 2. The quantitative estimate of drug-likeness (QED) is 0.747. The fraction of sp³-hybridized carbons (Fsp3) is 0.500. The zero-order valence-electron chi connectivity index (χ0n) is 11.7. The number of carbonyl (C=O) groups excluding carboxylic acids is 1. The van der Waals surface area contributed by atoms with Gasteiger partial charge in [0.25, 0.3) is 5.91 Å². The minimum absolute atomic E-state index is 0.459. The third-order valence-corrected chi connectivity index (χ3v) is 2.80. The average molecular weight is 266 g/mol. The molecule has 19 heavy (non-hydrogen) atoms. The summed E-state index contributed by atoms with van der Waals surface area (Å²) >= 11 is 0. The largest absolute Gasteiger partial charge is 0.497 e. The molecule has 0 heterocycles. The molecule has 5 nitrogen and oxygen atoms in total. The minimum atomic E-state index is -0.618. The molecule has 0 fully saturated rings. The Balaban J connectivity index is 2.95. The number of carbonyl (C=O) groups is 1. The second-order valence-electron chi connectivity index (χ2n) is 4.17. The molecule has 1 atom stereocenters. The maximum atomic E-state index is 11.3. The van der Waals surface area contributed by atoms with Crippen molar-refractivity contribution in [1.82, 2.24) is 5.32 Å². The molecule has 0 aliphatic carbocycles. The van der Waals surface area contributed by atoms with Gasteiger partial charge in [-0.1, -0.05) is 19.9 Å². The van der Waals surface area contributed by atoms with Crippen molar-refractivity contribution >= 4 is 5.91 Å². The lowest BCUT2D eigenvalue weighted by Crippen LogP contribution is -2.33. The van der Waals surface area contributed by atoms with Gasteiger partial charge in [0.1, 0.15) is 11.5 Å². The lowest BCUT2D eigenvalue weighted by molar-refractivity contribution is -0.124. The van der Waals surface area contributed by atoms with E-state index < -0.39 is 12.0 Å².